The van der Waals surface area contributed by atoms with Crippen LogP contribution in [0.5, 0.6) is 5.75 Å². The first-order chi connectivity index (χ1) is 9.77. The number of ether oxygens (including phenoxy) is 1. The summed E-state index contributed by atoms with van der Waals surface area (Å²) in [4.78, 5) is 0. The van der Waals surface area contributed by atoms with E-state index in [-0.39, 0.29) is 0 Å². The molecule has 0 unspecified atom stereocenters. The van der Waals surface area contributed by atoms with Gasteiger partial charge in [0.15, 0.2) is 0 Å². The highest BCUT2D eigenvalue weighted by atomic mass is 32.2. The van der Waals surface area contributed by atoms with Gasteiger partial charge in [0, 0.05) is 18.3 Å². The maximum absolute atomic E-state index is 5.90. The summed E-state index contributed by atoms with van der Waals surface area (Å²) in [7, 11) is 0. The molecule has 3 N–H and O–H groups in total. The quantitative estimate of drug-likeness (QED) is 0.469. The van der Waals surface area contributed by atoms with E-state index in [2.05, 4.69) is 18.5 Å². The number of unbranched alkanes of at least 4 members (excludes halogenated alkanes) is 3. The first-order valence-corrected chi connectivity index (χ1v) is 8.92. The Bertz CT molecular complexity index is 371. The van der Waals surface area contributed by atoms with Gasteiger partial charge in [0.2, 0.25) is 0 Å². The summed E-state index contributed by atoms with van der Waals surface area (Å²) in [6.07, 6.45) is 8.33. The van der Waals surface area contributed by atoms with Gasteiger partial charge in [0.05, 0.1) is 12.3 Å². The molecule has 114 valence electrons. The topological polar surface area (TPSA) is 47.3 Å². The predicted octanol–water partition coefficient (Wildman–Crippen LogP) is 4.39. The molecular weight excluding hydrogens is 268 g/mol. The first kappa shape index (κ1) is 17.0. The predicted molar refractivity (Wildman–Crippen MR) is 92.0 cm³/mol. The number of benzene rings is 1. The highest BCUT2D eigenvalue weighted by molar-refractivity contribution is 7.98. The van der Waals surface area contributed by atoms with Gasteiger partial charge in [-0.3, -0.25) is 0 Å². The molecule has 0 aliphatic carbocycles. The van der Waals surface area contributed by atoms with Gasteiger partial charge < -0.3 is 15.8 Å². The average Bonchev–Trinajstić information content (AvgIpc) is 2.46. The maximum Gasteiger partial charge on any atom is 0.144 e. The van der Waals surface area contributed by atoms with E-state index < -0.39 is 0 Å². The van der Waals surface area contributed by atoms with Crippen LogP contribution in [0.25, 0.3) is 0 Å². The number of nitrogen functional groups attached to an aromatic ring is 1. The lowest BCUT2D eigenvalue weighted by Gasteiger charge is -2.11. The lowest BCUT2D eigenvalue weighted by atomic mass is 10.2. The fraction of sp³-hybridized carbons (Fsp3) is 0.625. The second-order valence-electron chi connectivity index (χ2n) is 4.93. The van der Waals surface area contributed by atoms with Gasteiger partial charge >= 0.3 is 0 Å². The number of thioether (sulfide) groups is 1. The van der Waals surface area contributed by atoms with E-state index in [1.54, 1.807) is 0 Å². The summed E-state index contributed by atoms with van der Waals surface area (Å²) in [6, 6.07) is 5.92. The third kappa shape index (κ3) is 6.94. The monoisotopic (exact) mass is 296 g/mol. The zero-order valence-corrected chi connectivity index (χ0v) is 13.6. The molecule has 0 saturated heterocycles. The number of anilines is 2. The standard InChI is InChI=1S/C16H28N2OS/c1-3-11-19-16-13-14(8-9-15(16)17)18-10-6-4-5-7-12-20-2/h8-9,13,18H,3-7,10-12,17H2,1-2H3. The lowest BCUT2D eigenvalue weighted by Crippen LogP contribution is -2.04. The molecule has 1 aromatic rings. The van der Waals surface area contributed by atoms with E-state index in [4.69, 9.17) is 10.5 Å². The van der Waals surface area contributed by atoms with Crippen LogP contribution in [-0.4, -0.2) is 25.2 Å². The van der Waals surface area contributed by atoms with Gasteiger partial charge in [-0.05, 0) is 43.4 Å². The van der Waals surface area contributed by atoms with Crippen LogP contribution in [-0.2, 0) is 0 Å². The lowest BCUT2D eigenvalue weighted by molar-refractivity contribution is 0.319. The molecule has 0 aromatic heterocycles. The average molecular weight is 296 g/mol. The largest absolute Gasteiger partial charge is 0.491 e. The van der Waals surface area contributed by atoms with Crippen LogP contribution in [0.2, 0.25) is 0 Å². The van der Waals surface area contributed by atoms with Crippen molar-refractivity contribution in [3.05, 3.63) is 18.2 Å². The smallest absolute Gasteiger partial charge is 0.144 e. The second-order valence-corrected chi connectivity index (χ2v) is 5.92. The van der Waals surface area contributed by atoms with Gasteiger partial charge in [0.1, 0.15) is 5.75 Å². The fourth-order valence-electron chi connectivity index (χ4n) is 1.94. The molecule has 20 heavy (non-hydrogen) atoms. The highest BCUT2D eigenvalue weighted by Gasteiger charge is 2.01. The normalized spacial score (nSPS) is 10.5. The molecule has 0 amide bonds. The number of nitrogens with one attached hydrogen (secondary N) is 1. The Morgan fingerprint density at radius 2 is 2.00 bits per heavy atom. The SMILES string of the molecule is CCCOc1cc(NCCCCCCSC)ccc1N. The summed E-state index contributed by atoms with van der Waals surface area (Å²) in [5, 5.41) is 3.44. The zero-order chi connectivity index (χ0) is 14.6. The van der Waals surface area contributed by atoms with E-state index in [1.165, 1.54) is 31.4 Å². The van der Waals surface area contributed by atoms with Gasteiger partial charge in [-0.25, -0.2) is 0 Å². The number of hydrogen-bond donors (Lipinski definition) is 2. The van der Waals surface area contributed by atoms with E-state index in [9.17, 15) is 0 Å². The minimum atomic E-state index is 0.709. The molecular formula is C16H28N2OS. The summed E-state index contributed by atoms with van der Waals surface area (Å²) >= 11 is 1.93. The molecule has 0 fully saturated rings. The van der Waals surface area contributed by atoms with Crippen molar-refractivity contribution in [3.63, 3.8) is 0 Å². The van der Waals surface area contributed by atoms with Gasteiger partial charge in [-0.1, -0.05) is 19.8 Å². The van der Waals surface area contributed by atoms with Crippen molar-refractivity contribution in [3.8, 4) is 5.75 Å². The third-order valence-electron chi connectivity index (χ3n) is 3.08. The molecule has 0 bridgehead atoms. The molecule has 0 atom stereocenters. The zero-order valence-electron chi connectivity index (χ0n) is 12.8. The van der Waals surface area contributed by atoms with Crippen LogP contribution in [0.1, 0.15) is 39.0 Å². The number of hydrogen-bond acceptors (Lipinski definition) is 4. The van der Waals surface area contributed by atoms with Gasteiger partial charge in [-0.2, -0.15) is 11.8 Å². The molecule has 0 saturated carbocycles. The van der Waals surface area contributed by atoms with Crippen LogP contribution in [0.3, 0.4) is 0 Å². The van der Waals surface area contributed by atoms with Crippen molar-refractivity contribution in [2.75, 3.05) is 36.2 Å². The van der Waals surface area contributed by atoms with Crippen LogP contribution >= 0.6 is 11.8 Å². The molecule has 0 aliphatic rings. The summed E-state index contributed by atoms with van der Waals surface area (Å²) in [6.45, 7) is 3.81. The minimum Gasteiger partial charge on any atom is -0.491 e. The van der Waals surface area contributed by atoms with Crippen molar-refractivity contribution in [1.82, 2.24) is 0 Å². The van der Waals surface area contributed by atoms with Crippen molar-refractivity contribution in [1.29, 1.82) is 0 Å². The third-order valence-corrected chi connectivity index (χ3v) is 3.78. The molecule has 0 aliphatic heterocycles. The van der Waals surface area contributed by atoms with Crippen molar-refractivity contribution >= 4 is 23.1 Å². The Morgan fingerprint density at radius 3 is 2.75 bits per heavy atom. The Labute approximate surface area is 127 Å². The Morgan fingerprint density at radius 1 is 1.20 bits per heavy atom. The Kier molecular flexibility index (Phi) is 9.13. The van der Waals surface area contributed by atoms with E-state index in [0.29, 0.717) is 12.3 Å². The van der Waals surface area contributed by atoms with Crippen molar-refractivity contribution in [2.45, 2.75) is 39.0 Å². The summed E-state index contributed by atoms with van der Waals surface area (Å²) in [5.74, 6) is 2.07. The van der Waals surface area contributed by atoms with E-state index in [0.717, 1.165) is 24.4 Å². The fourth-order valence-corrected chi connectivity index (χ4v) is 2.43. The van der Waals surface area contributed by atoms with Gasteiger partial charge in [-0.15, -0.1) is 0 Å². The molecule has 3 nitrogen and oxygen atoms in total. The summed E-state index contributed by atoms with van der Waals surface area (Å²) in [5.41, 5.74) is 7.70. The van der Waals surface area contributed by atoms with Crippen LogP contribution in [0.15, 0.2) is 18.2 Å². The van der Waals surface area contributed by atoms with Crippen molar-refractivity contribution < 1.29 is 4.74 Å². The Balaban J connectivity index is 2.26. The number of rotatable bonds is 11. The molecule has 4 heteroatoms. The molecule has 0 heterocycles. The summed E-state index contributed by atoms with van der Waals surface area (Å²) < 4.78 is 5.63. The molecule has 1 aromatic carbocycles. The minimum absolute atomic E-state index is 0.709. The van der Waals surface area contributed by atoms with Crippen LogP contribution < -0.4 is 15.8 Å². The Hall–Kier alpha value is -1.03. The highest BCUT2D eigenvalue weighted by Crippen LogP contribution is 2.25. The van der Waals surface area contributed by atoms with Gasteiger partial charge in [0.25, 0.3) is 0 Å². The van der Waals surface area contributed by atoms with Crippen molar-refractivity contribution in [2.24, 2.45) is 0 Å². The first-order valence-electron chi connectivity index (χ1n) is 7.53. The second kappa shape index (κ2) is 10.7. The van der Waals surface area contributed by atoms with Crippen LogP contribution in [0, 0.1) is 0 Å². The maximum atomic E-state index is 5.90. The molecule has 1 rings (SSSR count). The molecule has 0 radical (unpaired) electrons. The van der Waals surface area contributed by atoms with E-state index in [1.807, 2.05) is 30.0 Å². The number of nitrogens with two attached hydrogens (primary N) is 1. The van der Waals surface area contributed by atoms with Crippen LogP contribution in [0.4, 0.5) is 11.4 Å². The molecule has 0 spiro atoms. The van der Waals surface area contributed by atoms with E-state index >= 15 is 0 Å².